The number of likely N-dealkylation sites (N-methyl/N-ethyl adjacent to an activating group) is 1. The summed E-state index contributed by atoms with van der Waals surface area (Å²) in [7, 11) is 3.56. The molecule has 0 atom stereocenters. The van der Waals surface area contributed by atoms with Crippen LogP contribution in [-0.2, 0) is 11.2 Å². The van der Waals surface area contributed by atoms with E-state index in [1.807, 2.05) is 24.3 Å². The number of nitrogens with one attached hydrogen (secondary N) is 1. The van der Waals surface area contributed by atoms with E-state index >= 15 is 0 Å². The van der Waals surface area contributed by atoms with E-state index < -0.39 is 10.9 Å². The zero-order valence-corrected chi connectivity index (χ0v) is 17.1. The molecule has 1 saturated heterocycles. The van der Waals surface area contributed by atoms with E-state index in [1.165, 1.54) is 19.2 Å². The minimum atomic E-state index is -1.20. The van der Waals surface area contributed by atoms with Crippen molar-refractivity contribution in [1.82, 2.24) is 4.90 Å². The Labute approximate surface area is 175 Å². The summed E-state index contributed by atoms with van der Waals surface area (Å²) < 4.78 is 5.02. The van der Waals surface area contributed by atoms with Gasteiger partial charge in [0, 0.05) is 56.6 Å². The highest BCUT2D eigenvalue weighted by Crippen LogP contribution is 2.35. The van der Waals surface area contributed by atoms with E-state index in [4.69, 9.17) is 4.74 Å². The Kier molecular flexibility index (Phi) is 6.86. The molecule has 9 nitrogen and oxygen atoms in total. The summed E-state index contributed by atoms with van der Waals surface area (Å²) in [6.07, 6.45) is 0.130. The molecule has 9 heteroatoms. The average molecular weight is 414 g/mol. The van der Waals surface area contributed by atoms with E-state index in [0.717, 1.165) is 31.9 Å². The lowest BCUT2D eigenvalue weighted by atomic mass is 10.0. The Balaban J connectivity index is 1.93. The number of nitro groups is 1. The van der Waals surface area contributed by atoms with Crippen molar-refractivity contribution < 1.29 is 19.6 Å². The third kappa shape index (κ3) is 4.87. The topological polar surface area (TPSA) is 108 Å². The first-order chi connectivity index (χ1) is 14.4. The highest BCUT2D eigenvalue weighted by Gasteiger charge is 2.26. The van der Waals surface area contributed by atoms with Crippen LogP contribution in [0.4, 0.5) is 22.7 Å². The summed E-state index contributed by atoms with van der Waals surface area (Å²) in [6, 6.07) is 10.5. The summed E-state index contributed by atoms with van der Waals surface area (Å²) >= 11 is 0. The van der Waals surface area contributed by atoms with Gasteiger partial charge in [0.15, 0.2) is 0 Å². The molecule has 2 N–H and O–H groups in total. The van der Waals surface area contributed by atoms with Gasteiger partial charge in [0.05, 0.1) is 17.1 Å². The third-order valence-electron chi connectivity index (χ3n) is 5.25. The predicted octanol–water partition coefficient (Wildman–Crippen LogP) is 2.98. The van der Waals surface area contributed by atoms with Gasteiger partial charge in [0.25, 0.3) is 5.69 Å². The number of nitro benzene ring substituents is 1. The number of anilines is 3. The Morgan fingerprint density at radius 2 is 1.97 bits per heavy atom. The highest BCUT2D eigenvalue weighted by atomic mass is 16.6. The van der Waals surface area contributed by atoms with Gasteiger partial charge in [-0.15, -0.1) is 0 Å². The Hall–Kier alpha value is -3.17. The van der Waals surface area contributed by atoms with Crippen molar-refractivity contribution in [2.24, 2.45) is 0 Å². The Morgan fingerprint density at radius 1 is 1.23 bits per heavy atom. The molecule has 1 aliphatic rings. The Bertz CT molecular complexity index is 926. The van der Waals surface area contributed by atoms with Crippen molar-refractivity contribution in [3.63, 3.8) is 0 Å². The standard InChI is InChI=1S/C21H26N4O5/c1-23-9-11-24(12-10-23)16-5-3-4-15(14-16)22-19-7-6-18(21(26)27)17(8-13-30-2)20(19)25(28)29/h3-7,14,22H,8-13H2,1-2H3,(H,26,27). The fourth-order valence-corrected chi connectivity index (χ4v) is 3.60. The normalized spacial score (nSPS) is 14.5. The number of ether oxygens (including phenoxy) is 1. The van der Waals surface area contributed by atoms with Crippen molar-refractivity contribution in [1.29, 1.82) is 0 Å². The summed E-state index contributed by atoms with van der Waals surface area (Å²) in [5.74, 6) is -1.20. The second-order valence-electron chi connectivity index (χ2n) is 7.26. The van der Waals surface area contributed by atoms with Crippen LogP contribution in [0, 0.1) is 10.1 Å². The maximum absolute atomic E-state index is 11.8. The van der Waals surface area contributed by atoms with Gasteiger partial charge < -0.3 is 25.0 Å². The average Bonchev–Trinajstić information content (AvgIpc) is 2.72. The van der Waals surface area contributed by atoms with Gasteiger partial charge in [0.1, 0.15) is 5.69 Å². The molecule has 2 aromatic carbocycles. The van der Waals surface area contributed by atoms with Gasteiger partial charge in [-0.05, 0) is 37.4 Å². The van der Waals surface area contributed by atoms with E-state index in [1.54, 1.807) is 0 Å². The SMILES string of the molecule is COCCc1c(C(=O)O)ccc(Nc2cccc(N3CCN(C)CC3)c2)c1[N+](=O)[O-]. The lowest BCUT2D eigenvalue weighted by molar-refractivity contribution is -0.384. The number of carboxylic acids is 1. The summed E-state index contributed by atoms with van der Waals surface area (Å²) in [6.45, 7) is 3.96. The van der Waals surface area contributed by atoms with Gasteiger partial charge in [-0.25, -0.2) is 4.79 Å². The molecule has 0 aliphatic carbocycles. The molecule has 0 amide bonds. The molecule has 0 saturated carbocycles. The molecule has 160 valence electrons. The molecule has 1 heterocycles. The number of carboxylic acid groups (broad SMARTS) is 1. The molecule has 30 heavy (non-hydrogen) atoms. The van der Waals surface area contributed by atoms with Crippen molar-refractivity contribution in [2.45, 2.75) is 6.42 Å². The van der Waals surface area contributed by atoms with Crippen LogP contribution in [0.1, 0.15) is 15.9 Å². The highest BCUT2D eigenvalue weighted by molar-refractivity contribution is 5.93. The lowest BCUT2D eigenvalue weighted by Gasteiger charge is -2.34. The molecule has 0 spiro atoms. The van der Waals surface area contributed by atoms with Crippen LogP contribution in [0.5, 0.6) is 0 Å². The number of carbonyl (C=O) groups is 1. The zero-order chi connectivity index (χ0) is 21.7. The van der Waals surface area contributed by atoms with Crippen molar-refractivity contribution in [2.75, 3.05) is 57.2 Å². The minimum absolute atomic E-state index is 0.0875. The van der Waals surface area contributed by atoms with Gasteiger partial charge >= 0.3 is 5.97 Å². The van der Waals surface area contributed by atoms with Crippen molar-refractivity contribution >= 4 is 28.7 Å². The van der Waals surface area contributed by atoms with Gasteiger partial charge in [-0.3, -0.25) is 10.1 Å². The molecule has 1 fully saturated rings. The van der Waals surface area contributed by atoms with E-state index in [-0.39, 0.29) is 35.5 Å². The number of piperazine rings is 1. The third-order valence-corrected chi connectivity index (χ3v) is 5.25. The van der Waals surface area contributed by atoms with Crippen LogP contribution in [0.25, 0.3) is 0 Å². The molecule has 0 aromatic heterocycles. The van der Waals surface area contributed by atoms with Gasteiger partial charge in [-0.2, -0.15) is 0 Å². The molecule has 0 bridgehead atoms. The van der Waals surface area contributed by atoms with Crippen molar-refractivity contribution in [3.05, 3.63) is 57.6 Å². The summed E-state index contributed by atoms with van der Waals surface area (Å²) in [5.41, 5.74) is 1.82. The van der Waals surface area contributed by atoms with E-state index in [0.29, 0.717) is 5.69 Å². The van der Waals surface area contributed by atoms with Crippen LogP contribution < -0.4 is 10.2 Å². The molecule has 2 aromatic rings. The number of benzene rings is 2. The second-order valence-corrected chi connectivity index (χ2v) is 7.26. The smallest absolute Gasteiger partial charge is 0.336 e. The first kappa shape index (κ1) is 21.5. The maximum atomic E-state index is 11.8. The lowest BCUT2D eigenvalue weighted by Crippen LogP contribution is -2.44. The molecule has 0 unspecified atom stereocenters. The molecule has 3 rings (SSSR count). The monoisotopic (exact) mass is 414 g/mol. The van der Waals surface area contributed by atoms with Crippen molar-refractivity contribution in [3.8, 4) is 0 Å². The zero-order valence-electron chi connectivity index (χ0n) is 17.1. The first-order valence-corrected chi connectivity index (χ1v) is 9.73. The van der Waals surface area contributed by atoms with Crippen LogP contribution in [-0.4, -0.2) is 67.8 Å². The number of methoxy groups -OCH3 is 1. The van der Waals surface area contributed by atoms with E-state index in [2.05, 4.69) is 22.2 Å². The number of hydrogen-bond acceptors (Lipinski definition) is 7. The van der Waals surface area contributed by atoms with Gasteiger partial charge in [0.2, 0.25) is 0 Å². The summed E-state index contributed by atoms with van der Waals surface area (Å²) in [5, 5.41) is 24.4. The number of aromatic carboxylic acids is 1. The predicted molar refractivity (Wildman–Crippen MR) is 115 cm³/mol. The second kappa shape index (κ2) is 9.55. The number of rotatable bonds is 8. The summed E-state index contributed by atoms with van der Waals surface area (Å²) in [4.78, 5) is 27.4. The first-order valence-electron chi connectivity index (χ1n) is 9.73. The number of hydrogen-bond donors (Lipinski definition) is 2. The van der Waals surface area contributed by atoms with Crippen LogP contribution in [0.2, 0.25) is 0 Å². The van der Waals surface area contributed by atoms with Crippen LogP contribution in [0.15, 0.2) is 36.4 Å². The largest absolute Gasteiger partial charge is 0.478 e. The Morgan fingerprint density at radius 3 is 2.60 bits per heavy atom. The molecule has 0 radical (unpaired) electrons. The van der Waals surface area contributed by atoms with E-state index in [9.17, 15) is 20.0 Å². The fraction of sp³-hybridized carbons (Fsp3) is 0.381. The molecular formula is C21H26N4O5. The van der Waals surface area contributed by atoms with Gasteiger partial charge in [-0.1, -0.05) is 6.07 Å². The number of nitrogens with zero attached hydrogens (tertiary/aromatic N) is 3. The van der Waals surface area contributed by atoms with Crippen LogP contribution in [0.3, 0.4) is 0 Å². The minimum Gasteiger partial charge on any atom is -0.478 e. The maximum Gasteiger partial charge on any atom is 0.336 e. The molecule has 1 aliphatic heterocycles. The van der Waals surface area contributed by atoms with Crippen LogP contribution >= 0.6 is 0 Å². The quantitative estimate of drug-likeness (QED) is 0.501. The molecular weight excluding hydrogens is 388 g/mol. The fourth-order valence-electron chi connectivity index (χ4n) is 3.60.